The van der Waals surface area contributed by atoms with Crippen molar-refractivity contribution in [3.05, 3.63) is 29.8 Å². The average Bonchev–Trinajstić information content (AvgIpc) is 2.67. The standard InChI is InChI=1S/C20H30F3N5O2/c1-14(2)17(28-10-8-27(3)9-11-28)12-24-19(30)26-16-6-4-15(5-7-16)18(29)25-13-20(21,22)23/h4-7,14,17H,8-13H2,1-3H3,(H,25,29)(H2,24,26,30). The second-order valence-electron chi connectivity index (χ2n) is 7.86. The Bertz CT molecular complexity index is 701. The first kappa shape index (κ1) is 23.9. The zero-order valence-electron chi connectivity index (χ0n) is 17.6. The second kappa shape index (κ2) is 10.6. The molecule has 0 saturated carbocycles. The minimum Gasteiger partial charge on any atom is -0.343 e. The Morgan fingerprint density at radius 2 is 1.63 bits per heavy atom. The zero-order chi connectivity index (χ0) is 22.3. The van der Waals surface area contributed by atoms with Crippen molar-refractivity contribution < 1.29 is 22.8 Å². The summed E-state index contributed by atoms with van der Waals surface area (Å²) in [5, 5.41) is 7.37. The van der Waals surface area contributed by atoms with E-state index in [9.17, 15) is 22.8 Å². The van der Waals surface area contributed by atoms with Crippen molar-refractivity contribution in [2.75, 3.05) is 51.6 Å². The fourth-order valence-electron chi connectivity index (χ4n) is 3.30. The molecule has 0 spiro atoms. The van der Waals surface area contributed by atoms with Gasteiger partial charge >= 0.3 is 12.2 Å². The van der Waals surface area contributed by atoms with Gasteiger partial charge in [0.05, 0.1) is 0 Å². The average molecular weight is 429 g/mol. The Morgan fingerprint density at radius 3 is 2.17 bits per heavy atom. The third-order valence-corrected chi connectivity index (χ3v) is 5.10. The molecule has 1 heterocycles. The van der Waals surface area contributed by atoms with Gasteiger partial charge in [-0.15, -0.1) is 0 Å². The van der Waals surface area contributed by atoms with E-state index in [1.807, 2.05) is 0 Å². The number of nitrogens with zero attached hydrogens (tertiary/aromatic N) is 2. The van der Waals surface area contributed by atoms with E-state index in [2.05, 4.69) is 41.3 Å². The summed E-state index contributed by atoms with van der Waals surface area (Å²) < 4.78 is 36.5. The fraction of sp³-hybridized carbons (Fsp3) is 0.600. The summed E-state index contributed by atoms with van der Waals surface area (Å²) in [4.78, 5) is 28.6. The molecule has 0 aromatic heterocycles. The number of urea groups is 1. The first-order valence-corrected chi connectivity index (χ1v) is 9.97. The number of halogens is 3. The lowest BCUT2D eigenvalue weighted by Gasteiger charge is -2.39. The number of alkyl halides is 3. The van der Waals surface area contributed by atoms with E-state index in [-0.39, 0.29) is 17.6 Å². The molecule has 1 aromatic carbocycles. The number of hydrogen-bond acceptors (Lipinski definition) is 4. The summed E-state index contributed by atoms with van der Waals surface area (Å²) in [6.45, 7) is 7.29. The number of likely N-dealkylation sites (N-methyl/N-ethyl adjacent to an activating group) is 1. The number of benzene rings is 1. The molecular weight excluding hydrogens is 399 g/mol. The Kier molecular flexibility index (Phi) is 8.48. The Labute approximate surface area is 175 Å². The Morgan fingerprint density at radius 1 is 1.03 bits per heavy atom. The molecule has 1 aliphatic rings. The lowest BCUT2D eigenvalue weighted by atomic mass is 10.0. The molecular formula is C20H30F3N5O2. The molecule has 0 radical (unpaired) electrons. The predicted molar refractivity (Wildman–Crippen MR) is 110 cm³/mol. The van der Waals surface area contributed by atoms with E-state index >= 15 is 0 Å². The molecule has 1 unspecified atom stereocenters. The number of piperazine rings is 1. The van der Waals surface area contributed by atoms with Gasteiger partial charge in [0.1, 0.15) is 6.54 Å². The molecule has 30 heavy (non-hydrogen) atoms. The minimum atomic E-state index is -4.47. The predicted octanol–water partition coefficient (Wildman–Crippen LogP) is 2.37. The highest BCUT2D eigenvalue weighted by Crippen LogP contribution is 2.15. The summed E-state index contributed by atoms with van der Waals surface area (Å²) in [6, 6.07) is 5.53. The van der Waals surface area contributed by atoms with E-state index in [0.717, 1.165) is 26.2 Å². The Hall–Kier alpha value is -2.33. The number of hydrogen-bond donors (Lipinski definition) is 3. The second-order valence-corrected chi connectivity index (χ2v) is 7.86. The maximum Gasteiger partial charge on any atom is 0.405 e. The highest BCUT2D eigenvalue weighted by atomic mass is 19.4. The van der Waals surface area contributed by atoms with E-state index < -0.39 is 18.6 Å². The number of carbonyl (C=O) groups excluding carboxylic acids is 2. The normalized spacial score (nSPS) is 16.9. The van der Waals surface area contributed by atoms with Crippen LogP contribution in [0, 0.1) is 5.92 Å². The molecule has 1 atom stereocenters. The van der Waals surface area contributed by atoms with Crippen molar-refractivity contribution in [1.29, 1.82) is 0 Å². The van der Waals surface area contributed by atoms with Gasteiger partial charge in [-0.25, -0.2) is 4.79 Å². The summed E-state index contributed by atoms with van der Waals surface area (Å²) in [5.41, 5.74) is 0.528. The van der Waals surface area contributed by atoms with Crippen LogP contribution in [0.4, 0.5) is 23.7 Å². The maximum atomic E-state index is 12.3. The molecule has 10 heteroatoms. The van der Waals surface area contributed by atoms with Crippen LogP contribution in [-0.2, 0) is 0 Å². The fourth-order valence-corrected chi connectivity index (χ4v) is 3.30. The van der Waals surface area contributed by atoms with Gasteiger partial charge in [-0.2, -0.15) is 13.2 Å². The van der Waals surface area contributed by atoms with E-state index in [1.54, 1.807) is 5.32 Å². The topological polar surface area (TPSA) is 76.7 Å². The van der Waals surface area contributed by atoms with Crippen LogP contribution in [0.3, 0.4) is 0 Å². The smallest absolute Gasteiger partial charge is 0.343 e. The molecule has 2 rings (SSSR count). The van der Waals surface area contributed by atoms with Crippen molar-refractivity contribution in [1.82, 2.24) is 20.4 Å². The number of amides is 3. The summed E-state index contributed by atoms with van der Waals surface area (Å²) in [5.74, 6) is -0.446. The van der Waals surface area contributed by atoms with Gasteiger partial charge < -0.3 is 20.9 Å². The zero-order valence-corrected chi connectivity index (χ0v) is 17.6. The van der Waals surface area contributed by atoms with Gasteiger partial charge in [0.2, 0.25) is 0 Å². The van der Waals surface area contributed by atoms with Crippen molar-refractivity contribution in [3.8, 4) is 0 Å². The van der Waals surface area contributed by atoms with Gasteiger partial charge in [0, 0.05) is 50.0 Å². The van der Waals surface area contributed by atoms with Crippen LogP contribution in [0.15, 0.2) is 24.3 Å². The summed E-state index contributed by atoms with van der Waals surface area (Å²) in [7, 11) is 2.10. The van der Waals surface area contributed by atoms with Crippen molar-refractivity contribution in [3.63, 3.8) is 0 Å². The van der Waals surface area contributed by atoms with Crippen LogP contribution in [-0.4, -0.2) is 80.3 Å². The maximum absolute atomic E-state index is 12.3. The van der Waals surface area contributed by atoms with Crippen LogP contribution in [0.1, 0.15) is 24.2 Å². The quantitative estimate of drug-likeness (QED) is 0.622. The number of rotatable bonds is 7. The van der Waals surface area contributed by atoms with Crippen LogP contribution in [0.25, 0.3) is 0 Å². The van der Waals surface area contributed by atoms with Crippen molar-refractivity contribution in [2.45, 2.75) is 26.1 Å². The minimum absolute atomic E-state index is 0.0835. The van der Waals surface area contributed by atoms with Gasteiger partial charge in [-0.1, -0.05) is 13.8 Å². The first-order valence-electron chi connectivity index (χ1n) is 9.97. The highest BCUT2D eigenvalue weighted by Gasteiger charge is 2.28. The number of anilines is 1. The van der Waals surface area contributed by atoms with Gasteiger partial charge in [0.15, 0.2) is 0 Å². The van der Waals surface area contributed by atoms with Gasteiger partial charge in [-0.3, -0.25) is 9.69 Å². The van der Waals surface area contributed by atoms with Crippen LogP contribution in [0.2, 0.25) is 0 Å². The third kappa shape index (κ3) is 7.83. The molecule has 0 bridgehead atoms. The first-order chi connectivity index (χ1) is 14.0. The Balaban J connectivity index is 1.83. The molecule has 3 N–H and O–H groups in total. The number of nitrogens with one attached hydrogen (secondary N) is 3. The van der Waals surface area contributed by atoms with Gasteiger partial charge in [0.25, 0.3) is 5.91 Å². The molecule has 1 aliphatic heterocycles. The molecule has 1 fully saturated rings. The van der Waals surface area contributed by atoms with E-state index in [4.69, 9.17) is 0 Å². The van der Waals surface area contributed by atoms with Crippen LogP contribution < -0.4 is 16.0 Å². The molecule has 0 aliphatic carbocycles. The molecule has 3 amide bonds. The van der Waals surface area contributed by atoms with E-state index in [0.29, 0.717) is 18.2 Å². The van der Waals surface area contributed by atoms with Crippen LogP contribution in [0.5, 0.6) is 0 Å². The molecule has 1 saturated heterocycles. The van der Waals surface area contributed by atoms with Crippen LogP contribution >= 0.6 is 0 Å². The molecule has 7 nitrogen and oxygen atoms in total. The van der Waals surface area contributed by atoms with Gasteiger partial charge in [-0.05, 0) is 37.2 Å². The highest BCUT2D eigenvalue weighted by molar-refractivity contribution is 5.95. The van der Waals surface area contributed by atoms with Crippen molar-refractivity contribution >= 4 is 17.6 Å². The molecule has 1 aromatic rings. The summed E-state index contributed by atoms with van der Waals surface area (Å²) in [6.07, 6.45) is -4.47. The third-order valence-electron chi connectivity index (χ3n) is 5.10. The largest absolute Gasteiger partial charge is 0.405 e. The summed E-state index contributed by atoms with van der Waals surface area (Å²) >= 11 is 0. The monoisotopic (exact) mass is 429 g/mol. The number of carbonyl (C=O) groups is 2. The molecule has 168 valence electrons. The van der Waals surface area contributed by atoms with E-state index in [1.165, 1.54) is 24.3 Å². The SMILES string of the molecule is CC(C)C(CNC(=O)Nc1ccc(C(=O)NCC(F)(F)F)cc1)N1CCN(C)CC1. The van der Waals surface area contributed by atoms with Crippen molar-refractivity contribution in [2.24, 2.45) is 5.92 Å². The lowest BCUT2D eigenvalue weighted by molar-refractivity contribution is -0.123. The lowest BCUT2D eigenvalue weighted by Crippen LogP contribution is -2.54.